The van der Waals surface area contributed by atoms with Crippen molar-refractivity contribution < 1.29 is 24.5 Å². The molecule has 0 aliphatic carbocycles. The van der Waals surface area contributed by atoms with Crippen LogP contribution in [0.25, 0.3) is 0 Å². The van der Waals surface area contributed by atoms with E-state index in [9.17, 15) is 4.79 Å². The number of hydrogen-bond acceptors (Lipinski definition) is 5. The van der Waals surface area contributed by atoms with Crippen molar-refractivity contribution in [3.8, 4) is 0 Å². The topological polar surface area (TPSA) is 79.2 Å². The van der Waals surface area contributed by atoms with Crippen LogP contribution in [0.3, 0.4) is 0 Å². The van der Waals surface area contributed by atoms with E-state index in [0.29, 0.717) is 6.61 Å². The maximum Gasteiger partial charge on any atom is 0.413 e. The van der Waals surface area contributed by atoms with Gasteiger partial charge in [-0.2, -0.15) is 0 Å². The fraction of sp³-hybridized carbons (Fsp3) is 0.875. The summed E-state index contributed by atoms with van der Waals surface area (Å²) in [5.41, 5.74) is 0. The smallest absolute Gasteiger partial charge is 0.413 e. The van der Waals surface area contributed by atoms with E-state index >= 15 is 0 Å². The van der Waals surface area contributed by atoms with Crippen LogP contribution >= 0.6 is 0 Å². The molecule has 0 radical (unpaired) electrons. The Morgan fingerprint density at radius 3 is 2.29 bits per heavy atom. The Morgan fingerprint density at radius 1 is 1.29 bits per heavy atom. The van der Waals surface area contributed by atoms with Crippen LogP contribution < -0.4 is 0 Å². The van der Waals surface area contributed by atoms with Crippen molar-refractivity contribution in [2.75, 3.05) is 26.7 Å². The second-order valence-corrected chi connectivity index (χ2v) is 2.86. The van der Waals surface area contributed by atoms with Crippen LogP contribution in [0.15, 0.2) is 0 Å². The lowest BCUT2D eigenvalue weighted by Gasteiger charge is -2.16. The van der Waals surface area contributed by atoms with Gasteiger partial charge in [0, 0.05) is 0 Å². The molecule has 1 amide bonds. The van der Waals surface area contributed by atoms with Crippen molar-refractivity contribution >= 4 is 6.09 Å². The zero-order valence-electron chi connectivity index (χ0n) is 8.47. The number of amides is 1. The number of carbonyl (C=O) groups is 1. The molecular formula is C8H17NO5. The molecule has 0 rings (SSSR count). The summed E-state index contributed by atoms with van der Waals surface area (Å²) in [5.74, 6) is 0. The lowest BCUT2D eigenvalue weighted by atomic mass is 10.5. The van der Waals surface area contributed by atoms with Gasteiger partial charge < -0.3 is 19.7 Å². The minimum atomic E-state index is -0.762. The van der Waals surface area contributed by atoms with E-state index in [1.165, 1.54) is 0 Å². The fourth-order valence-electron chi connectivity index (χ4n) is 0.664. The molecule has 14 heavy (non-hydrogen) atoms. The van der Waals surface area contributed by atoms with Gasteiger partial charge in [-0.05, 0) is 13.8 Å². The predicted octanol–water partition coefficient (Wildman–Crippen LogP) is -0.250. The van der Waals surface area contributed by atoms with Gasteiger partial charge >= 0.3 is 6.09 Å². The highest BCUT2D eigenvalue weighted by Crippen LogP contribution is 1.92. The van der Waals surface area contributed by atoms with E-state index in [4.69, 9.17) is 14.9 Å². The molecule has 0 unspecified atom stereocenters. The monoisotopic (exact) mass is 207 g/mol. The summed E-state index contributed by atoms with van der Waals surface area (Å²) in [4.78, 5) is 11.7. The van der Waals surface area contributed by atoms with Crippen LogP contribution in [0.2, 0.25) is 0 Å². The molecule has 6 nitrogen and oxygen atoms in total. The molecule has 84 valence electrons. The van der Waals surface area contributed by atoms with Crippen molar-refractivity contribution in [3.63, 3.8) is 0 Å². The normalized spacial score (nSPS) is 10.4. The molecule has 0 fully saturated rings. The SMILES string of the molecule is CC(C)OCCOC(=O)N(CO)CO. The fourth-order valence-corrected chi connectivity index (χ4v) is 0.664. The Bertz CT molecular complexity index is 158. The van der Waals surface area contributed by atoms with Crippen LogP contribution in [0.4, 0.5) is 4.79 Å². The highest BCUT2D eigenvalue weighted by Gasteiger charge is 2.11. The Balaban J connectivity index is 3.52. The number of rotatable bonds is 6. The van der Waals surface area contributed by atoms with Crippen LogP contribution in [-0.2, 0) is 9.47 Å². The third-order valence-electron chi connectivity index (χ3n) is 1.36. The van der Waals surface area contributed by atoms with Crippen LogP contribution in [0.5, 0.6) is 0 Å². The van der Waals surface area contributed by atoms with Crippen molar-refractivity contribution in [2.24, 2.45) is 0 Å². The van der Waals surface area contributed by atoms with Gasteiger partial charge in [-0.15, -0.1) is 0 Å². The second kappa shape index (κ2) is 7.54. The number of aliphatic hydroxyl groups is 2. The maximum absolute atomic E-state index is 11.0. The first-order valence-corrected chi connectivity index (χ1v) is 4.36. The molecule has 0 aromatic carbocycles. The summed E-state index contributed by atoms with van der Waals surface area (Å²) in [6.07, 6.45) is -0.678. The zero-order valence-corrected chi connectivity index (χ0v) is 8.47. The van der Waals surface area contributed by atoms with Gasteiger partial charge in [0.2, 0.25) is 0 Å². The first-order valence-electron chi connectivity index (χ1n) is 4.36. The first-order chi connectivity index (χ1) is 6.61. The molecule has 0 atom stereocenters. The highest BCUT2D eigenvalue weighted by atomic mass is 16.6. The number of hydrogen-bond donors (Lipinski definition) is 2. The van der Waals surface area contributed by atoms with E-state index < -0.39 is 19.6 Å². The van der Waals surface area contributed by atoms with Crippen LogP contribution in [0, 0.1) is 0 Å². The minimum Gasteiger partial charge on any atom is -0.447 e. The van der Waals surface area contributed by atoms with Crippen molar-refractivity contribution in [1.82, 2.24) is 4.90 Å². The Kier molecular flexibility index (Phi) is 7.09. The lowest BCUT2D eigenvalue weighted by molar-refractivity contribution is -0.00225. The Labute approximate surface area is 83.0 Å². The highest BCUT2D eigenvalue weighted by molar-refractivity contribution is 5.67. The molecule has 0 aromatic rings. The van der Waals surface area contributed by atoms with Crippen molar-refractivity contribution in [1.29, 1.82) is 0 Å². The molecule has 0 saturated heterocycles. The largest absolute Gasteiger partial charge is 0.447 e. The van der Waals surface area contributed by atoms with Gasteiger partial charge in [0.15, 0.2) is 0 Å². The van der Waals surface area contributed by atoms with Crippen LogP contribution in [0.1, 0.15) is 13.8 Å². The van der Waals surface area contributed by atoms with Gasteiger partial charge in [0.1, 0.15) is 20.1 Å². The molecule has 0 aromatic heterocycles. The third kappa shape index (κ3) is 5.74. The summed E-state index contributed by atoms with van der Waals surface area (Å²) in [7, 11) is 0. The van der Waals surface area contributed by atoms with Gasteiger partial charge in [-0.3, -0.25) is 4.90 Å². The number of ether oxygens (including phenoxy) is 2. The Morgan fingerprint density at radius 2 is 1.86 bits per heavy atom. The van der Waals surface area contributed by atoms with Crippen molar-refractivity contribution in [2.45, 2.75) is 20.0 Å². The average Bonchev–Trinajstić information content (AvgIpc) is 2.14. The molecule has 0 spiro atoms. The number of carbonyl (C=O) groups excluding carboxylic acids is 1. The van der Waals surface area contributed by atoms with Gasteiger partial charge in [0.25, 0.3) is 0 Å². The molecule has 6 heteroatoms. The quantitative estimate of drug-likeness (QED) is 0.464. The van der Waals surface area contributed by atoms with Gasteiger partial charge in [0.05, 0.1) is 12.7 Å². The number of nitrogens with zero attached hydrogens (tertiary/aromatic N) is 1. The summed E-state index contributed by atoms with van der Waals surface area (Å²) in [5, 5.41) is 17.2. The second-order valence-electron chi connectivity index (χ2n) is 2.86. The zero-order chi connectivity index (χ0) is 11.0. The molecule has 0 aliphatic heterocycles. The van der Waals surface area contributed by atoms with E-state index in [-0.39, 0.29) is 12.7 Å². The summed E-state index contributed by atoms with van der Waals surface area (Å²) < 4.78 is 9.80. The van der Waals surface area contributed by atoms with Gasteiger partial charge in [-0.1, -0.05) is 0 Å². The average molecular weight is 207 g/mol. The maximum atomic E-state index is 11.0. The van der Waals surface area contributed by atoms with Crippen LogP contribution in [-0.4, -0.2) is 54.0 Å². The lowest BCUT2D eigenvalue weighted by Crippen LogP contribution is -2.34. The van der Waals surface area contributed by atoms with Gasteiger partial charge in [-0.25, -0.2) is 4.79 Å². The van der Waals surface area contributed by atoms with E-state index in [1.807, 2.05) is 13.8 Å². The molecular weight excluding hydrogens is 190 g/mol. The summed E-state index contributed by atoms with van der Waals surface area (Å²) in [6.45, 7) is 3.01. The Hall–Kier alpha value is -0.850. The standard InChI is InChI=1S/C8H17NO5/c1-7(2)13-3-4-14-8(12)9(5-10)6-11/h7,10-11H,3-6H2,1-2H3. The minimum absolute atomic E-state index is 0.0838. The predicted molar refractivity (Wildman–Crippen MR) is 48.4 cm³/mol. The summed E-state index contributed by atoms with van der Waals surface area (Å²) >= 11 is 0. The third-order valence-corrected chi connectivity index (χ3v) is 1.36. The molecule has 2 N–H and O–H groups in total. The molecule has 0 aliphatic rings. The van der Waals surface area contributed by atoms with E-state index in [0.717, 1.165) is 4.90 Å². The first kappa shape index (κ1) is 13.2. The molecule has 0 saturated carbocycles. The van der Waals surface area contributed by atoms with E-state index in [2.05, 4.69) is 4.74 Å². The molecule has 0 bridgehead atoms. The van der Waals surface area contributed by atoms with Crippen molar-refractivity contribution in [3.05, 3.63) is 0 Å². The summed E-state index contributed by atoms with van der Waals surface area (Å²) in [6, 6.07) is 0. The number of aliphatic hydroxyl groups excluding tert-OH is 2. The molecule has 0 heterocycles. The van der Waals surface area contributed by atoms with E-state index in [1.54, 1.807) is 0 Å².